The summed E-state index contributed by atoms with van der Waals surface area (Å²) >= 11 is 5.77. The van der Waals surface area contributed by atoms with E-state index >= 15 is 0 Å². The van der Waals surface area contributed by atoms with Crippen LogP contribution in [0.5, 0.6) is 40.2 Å². The van der Waals surface area contributed by atoms with Crippen molar-refractivity contribution in [3.05, 3.63) is 160 Å². The number of benzene rings is 7. The van der Waals surface area contributed by atoms with Gasteiger partial charge in [0, 0.05) is 70.4 Å². The Hall–Kier alpha value is -5.05. The van der Waals surface area contributed by atoms with Gasteiger partial charge in [0.05, 0.1) is 33.8 Å². The summed E-state index contributed by atoms with van der Waals surface area (Å²) in [5.74, 6) is 1.15. The standard InChI is InChI=1S/C42H52O4S4.C26H27N3O3.C3H6O.CH4O.Dy.Ni/c1-39(2,3)23-15-27-35(43)28(16-23)48-32-20-26(42(10,11)12)22-34(38(32)46-14)50-30-18-24(40(4,5)6)17-29(36(30)44)49-33-21-25(41(7,8)9)19-31(47-27)37(33)45-13;1-26(17-27-14-20-8-2-5-11-23(20)30,18-28-15-21-9-3-6-12-24(21)31)19-29-16-22-10-4-7-13-25(22)32;1-3(2)4;1-2;;/h15-22,43-44H,1-14H3;2-16,30-32H,17-19H2,1H3;1-2H3;2H,1H3;;/q;;;;+3;+2/p-5. The van der Waals surface area contributed by atoms with Crippen LogP contribution < -0.4 is 35.0 Å². The first kappa shape index (κ1) is 79.2. The third-order valence-corrected chi connectivity index (χ3v) is 17.9. The average Bonchev–Trinajstić information content (AvgIpc) is 0.847. The third kappa shape index (κ3) is 22.6. The van der Waals surface area contributed by atoms with Gasteiger partial charge in [0.15, 0.2) is 0 Å². The molecule has 0 atom stereocenters. The number of para-hydroxylation sites is 3. The summed E-state index contributed by atoms with van der Waals surface area (Å²) in [5, 5.41) is 71.8. The number of methoxy groups -OCH3 is 2. The van der Waals surface area contributed by atoms with E-state index in [2.05, 4.69) is 122 Å². The molecule has 0 fully saturated rings. The number of hydrogen-bond acceptors (Lipinski definition) is 16. The summed E-state index contributed by atoms with van der Waals surface area (Å²) in [7, 11) is 4.33. The van der Waals surface area contributed by atoms with Crippen LogP contribution in [0, 0.1) is 43.6 Å². The molecule has 0 spiro atoms. The van der Waals surface area contributed by atoms with Gasteiger partial charge in [-0.25, -0.2) is 0 Å². The van der Waals surface area contributed by atoms with E-state index in [1.807, 2.05) is 31.2 Å². The Morgan fingerprint density at radius 2 is 0.622 bits per heavy atom. The zero-order valence-electron chi connectivity index (χ0n) is 54.7. The first-order chi connectivity index (χ1) is 41.2. The fraction of sp³-hybridized carbons (Fsp3) is 0.361. The van der Waals surface area contributed by atoms with E-state index in [0.717, 1.165) is 48.9 Å². The number of hydrogen-bond donors (Lipinski definition) is 1. The number of fused-ring (bicyclic) bond motifs is 8. The number of ketones is 1. The van der Waals surface area contributed by atoms with E-state index in [0.29, 0.717) is 67.4 Å². The fourth-order valence-electron chi connectivity index (χ4n) is 8.53. The van der Waals surface area contributed by atoms with Crippen molar-refractivity contribution in [1.29, 1.82) is 0 Å². The minimum absolute atomic E-state index is 0. The normalized spacial score (nSPS) is 13.1. The summed E-state index contributed by atoms with van der Waals surface area (Å²) in [5.41, 5.74) is 4.64. The summed E-state index contributed by atoms with van der Waals surface area (Å²) in [6.45, 7) is 32.3. The van der Waals surface area contributed by atoms with Crippen LogP contribution in [0.1, 0.15) is 143 Å². The number of aliphatic hydroxyl groups is 1. The maximum Gasteiger partial charge on any atom is 3.00 e. The van der Waals surface area contributed by atoms with Crippen molar-refractivity contribution in [2.75, 3.05) is 41.0 Å². The quantitative estimate of drug-likeness (QED) is 0.0945. The third-order valence-electron chi connectivity index (χ3n) is 13.7. The number of carbonyl (C=O) groups is 1. The van der Waals surface area contributed by atoms with Gasteiger partial charge in [-0.05, 0) is 123 Å². The first-order valence-electron chi connectivity index (χ1n) is 28.8. The Kier molecular flexibility index (Phi) is 30.6. The molecule has 1 aliphatic rings. The van der Waals surface area contributed by atoms with Gasteiger partial charge in [0.25, 0.3) is 0 Å². The van der Waals surface area contributed by atoms with E-state index in [-0.39, 0.29) is 111 Å². The second kappa shape index (κ2) is 34.7. The van der Waals surface area contributed by atoms with Crippen LogP contribution in [0.25, 0.3) is 0 Å². The molecule has 1 radical (unpaired) electrons. The number of carbonyl (C=O) groups excluding carboxylic acids is 1. The zero-order chi connectivity index (χ0) is 65.5. The number of rotatable bonds is 11. The Morgan fingerprint density at radius 1 is 0.422 bits per heavy atom. The average molecular weight is 1480 g/mol. The van der Waals surface area contributed by atoms with Crippen molar-refractivity contribution in [3.63, 3.8) is 0 Å². The van der Waals surface area contributed by atoms with Gasteiger partial charge >= 0.3 is 54.7 Å². The molecule has 0 saturated carbocycles. The van der Waals surface area contributed by atoms with Crippen molar-refractivity contribution in [1.82, 2.24) is 0 Å². The zero-order valence-corrected chi connectivity index (χ0v) is 61.0. The van der Waals surface area contributed by atoms with E-state index < -0.39 is 5.41 Å². The second-order valence-electron chi connectivity index (χ2n) is 25.8. The molecule has 0 aliphatic carbocycles. The predicted octanol–water partition coefficient (Wildman–Crippen LogP) is 14.7. The van der Waals surface area contributed by atoms with Crippen LogP contribution in [0.2, 0.25) is 0 Å². The van der Waals surface area contributed by atoms with Gasteiger partial charge in [0.1, 0.15) is 17.3 Å². The van der Waals surface area contributed by atoms with Crippen LogP contribution in [0.4, 0.5) is 0 Å². The Balaban J connectivity index is 0.000000456. The van der Waals surface area contributed by atoms with Crippen molar-refractivity contribution in [2.45, 2.75) is 165 Å². The van der Waals surface area contributed by atoms with Gasteiger partial charge in [-0.3, -0.25) is 15.0 Å². The van der Waals surface area contributed by atoms with Crippen LogP contribution in [-0.4, -0.2) is 70.5 Å². The molecular weight excluding hydrogens is 1400 g/mol. The Bertz CT molecular complexity index is 3260. The number of nitrogens with zero attached hydrogens (tertiary/aromatic N) is 3. The summed E-state index contributed by atoms with van der Waals surface area (Å²) in [6, 6.07) is 36.8. The van der Waals surface area contributed by atoms with Crippen molar-refractivity contribution < 1.29 is 99.6 Å². The van der Waals surface area contributed by atoms with E-state index in [1.54, 1.807) is 87.5 Å². The molecule has 0 amide bonds. The van der Waals surface area contributed by atoms with Crippen LogP contribution >= 0.6 is 47.0 Å². The smallest absolute Gasteiger partial charge is 0.872 e. The minimum Gasteiger partial charge on any atom is -0.872 e. The molecule has 8 rings (SSSR count). The van der Waals surface area contributed by atoms with Gasteiger partial charge in [-0.1, -0.05) is 221 Å². The van der Waals surface area contributed by atoms with Gasteiger partial charge in [-0.2, -0.15) is 0 Å². The van der Waals surface area contributed by atoms with Gasteiger partial charge < -0.3 is 44.9 Å². The maximum absolute atomic E-state index is 14.5. The number of ether oxygens (including phenoxy) is 2. The maximum atomic E-state index is 14.5. The monoisotopic (exact) mass is 1480 g/mol. The summed E-state index contributed by atoms with van der Waals surface area (Å²) < 4.78 is 12.3. The predicted molar refractivity (Wildman–Crippen MR) is 357 cm³/mol. The largest absolute Gasteiger partial charge is 3.00 e. The second-order valence-corrected chi connectivity index (χ2v) is 30.1. The van der Waals surface area contributed by atoms with E-state index in [1.165, 1.54) is 79.1 Å². The van der Waals surface area contributed by atoms with E-state index in [9.17, 15) is 30.3 Å². The minimum atomic E-state index is -0.475. The van der Waals surface area contributed by atoms with Crippen molar-refractivity contribution >= 4 is 71.5 Å². The molecule has 7 aromatic rings. The molecule has 12 nitrogen and oxygen atoms in total. The summed E-state index contributed by atoms with van der Waals surface area (Å²) in [6.07, 6.45) is 4.69. The molecule has 8 bridgehead atoms. The molecule has 1 heterocycles. The molecule has 1 N–H and O–H groups in total. The molecule has 1 aliphatic heterocycles. The van der Waals surface area contributed by atoms with Gasteiger partial charge in [-0.15, -0.1) is 17.2 Å². The molecule has 0 saturated heterocycles. The van der Waals surface area contributed by atoms with E-state index in [4.69, 9.17) is 14.6 Å². The molecule has 0 aromatic heterocycles. The molecule has 90 heavy (non-hydrogen) atoms. The van der Waals surface area contributed by atoms with Crippen LogP contribution in [-0.2, 0) is 42.9 Å². The summed E-state index contributed by atoms with van der Waals surface area (Å²) in [4.78, 5) is 28.8. The first-order valence-corrected chi connectivity index (χ1v) is 32.0. The van der Waals surface area contributed by atoms with Gasteiger partial charge in [0.2, 0.25) is 0 Å². The molecular formula is C72H84DyN3NiO9S4. The topological polar surface area (TPSA) is 208 Å². The van der Waals surface area contributed by atoms with Crippen molar-refractivity contribution in [2.24, 2.45) is 20.4 Å². The molecule has 7 aromatic carbocycles. The Morgan fingerprint density at radius 3 is 0.811 bits per heavy atom. The SMILES string of the molecule is CC(C)=O.CC(CN=Cc1ccccc1[O-])(CN=Cc1ccccc1[O-])CN=Cc1ccccc1[O-].CO.COc1c2cc(C(C)(C)C)cc1Sc1cc(C(C)(C)C)cc(c1[O-])Sc1cc(C(C)(C)C)cc(c1OC)Sc1cc(C(C)(C)C)cc(c1[O-])S2.[Dy+3].[Ni+2]. The number of aliphatic hydroxyl groups excluding tert-OH is 1. The Labute approximate surface area is 592 Å². The molecule has 18 heteroatoms. The van der Waals surface area contributed by atoms with Crippen molar-refractivity contribution in [3.8, 4) is 40.2 Å². The fourth-order valence-corrected chi connectivity index (χ4v) is 13.2. The molecule has 485 valence electrons. The number of aliphatic imine (C=N–C) groups is 3. The van der Waals surface area contributed by atoms with Crippen LogP contribution in [0.15, 0.2) is 175 Å². The number of Topliss-reactive ketones (excluding diaryl/α,β-unsaturated/α-hetero) is 1. The molecule has 0 unspecified atom stereocenters. The van der Waals surface area contributed by atoms with Crippen LogP contribution in [0.3, 0.4) is 0 Å².